The molecule has 0 aromatic rings. The number of rotatable bonds is 2. The Hall–Kier alpha value is -1.43. The molecule has 1 aliphatic heterocycles. The van der Waals surface area contributed by atoms with Crippen molar-refractivity contribution in [1.82, 2.24) is 10.2 Å². The largest absolute Gasteiger partial charge is 0.330 e. The molecule has 0 spiro atoms. The molecule has 1 atom stereocenters. The monoisotopic (exact) mass is 199 g/mol. The third-order valence-electron chi connectivity index (χ3n) is 2.37. The normalized spacial score (nSPS) is 27.9. The summed E-state index contributed by atoms with van der Waals surface area (Å²) in [6.45, 7) is 3.47. The maximum atomic E-state index is 11.6. The first-order chi connectivity index (χ1) is 6.47. The third-order valence-corrected chi connectivity index (χ3v) is 2.37. The van der Waals surface area contributed by atoms with Crippen LogP contribution in [0.5, 0.6) is 0 Å². The van der Waals surface area contributed by atoms with Gasteiger partial charge in [-0.25, -0.2) is 4.79 Å². The summed E-state index contributed by atoms with van der Waals surface area (Å²) in [6.07, 6.45) is 0.168. The molecule has 1 rings (SSSR count). The Bertz CT molecular complexity index is 302. The van der Waals surface area contributed by atoms with Gasteiger partial charge in [-0.1, -0.05) is 6.92 Å². The lowest BCUT2D eigenvalue weighted by Gasteiger charge is -2.35. The van der Waals surface area contributed by atoms with Gasteiger partial charge in [-0.05, 0) is 13.3 Å². The molecule has 0 aromatic carbocycles. The van der Waals surface area contributed by atoms with Gasteiger partial charge < -0.3 is 5.73 Å². The highest BCUT2D eigenvalue weighted by molar-refractivity contribution is 6.22. The van der Waals surface area contributed by atoms with Crippen LogP contribution in [0.2, 0.25) is 0 Å². The molecule has 0 radical (unpaired) electrons. The Morgan fingerprint density at radius 1 is 1.36 bits per heavy atom. The maximum Gasteiger partial charge on any atom is 0.330 e. The molecule has 0 aromatic heterocycles. The van der Waals surface area contributed by atoms with Gasteiger partial charge in [0.05, 0.1) is 0 Å². The summed E-state index contributed by atoms with van der Waals surface area (Å²) in [5.41, 5.74) is 4.02. The number of nitrogens with zero attached hydrogens (tertiary/aromatic N) is 1. The molecule has 0 saturated carbocycles. The van der Waals surface area contributed by atoms with Gasteiger partial charge in [0.2, 0.25) is 0 Å². The van der Waals surface area contributed by atoms with Gasteiger partial charge in [0.1, 0.15) is 0 Å². The number of carbonyl (C=O) groups is 3. The van der Waals surface area contributed by atoms with Gasteiger partial charge in [0.15, 0.2) is 5.54 Å². The molecule has 6 heteroatoms. The van der Waals surface area contributed by atoms with Crippen molar-refractivity contribution in [2.24, 2.45) is 5.73 Å². The fraction of sp³-hybridized carbons (Fsp3) is 0.625. The van der Waals surface area contributed by atoms with Crippen molar-refractivity contribution in [3.63, 3.8) is 0 Å². The van der Waals surface area contributed by atoms with E-state index in [4.69, 9.17) is 5.73 Å². The van der Waals surface area contributed by atoms with Gasteiger partial charge >= 0.3 is 6.03 Å². The van der Waals surface area contributed by atoms with Crippen LogP contribution in [0.1, 0.15) is 20.3 Å². The molecular formula is C8H13N3O3. The second-order valence-electron chi connectivity index (χ2n) is 3.13. The van der Waals surface area contributed by atoms with Crippen LogP contribution < -0.4 is 11.1 Å². The van der Waals surface area contributed by atoms with Crippen LogP contribution >= 0.6 is 0 Å². The first-order valence-electron chi connectivity index (χ1n) is 4.43. The van der Waals surface area contributed by atoms with Gasteiger partial charge in [-0.3, -0.25) is 19.8 Å². The Balaban J connectivity index is 3.06. The van der Waals surface area contributed by atoms with Crippen LogP contribution in [0.4, 0.5) is 4.79 Å². The van der Waals surface area contributed by atoms with E-state index in [2.05, 4.69) is 5.32 Å². The van der Waals surface area contributed by atoms with E-state index in [-0.39, 0.29) is 13.0 Å². The highest BCUT2D eigenvalue weighted by Crippen LogP contribution is 2.15. The minimum Gasteiger partial charge on any atom is -0.309 e. The Morgan fingerprint density at radius 3 is 2.36 bits per heavy atom. The van der Waals surface area contributed by atoms with Crippen LogP contribution in [-0.2, 0) is 9.59 Å². The maximum absolute atomic E-state index is 11.6. The molecule has 1 saturated heterocycles. The van der Waals surface area contributed by atoms with Gasteiger partial charge in [-0.15, -0.1) is 0 Å². The molecule has 14 heavy (non-hydrogen) atoms. The predicted molar refractivity (Wildman–Crippen MR) is 48.1 cm³/mol. The molecule has 3 N–H and O–H groups in total. The number of nitrogens with one attached hydrogen (secondary N) is 1. The standard InChI is InChI=1S/C8H13N3O3/c1-3-8(9)5(12)10-7(14)11(4-2)6(8)13/h3-4,9H2,1-2H3,(H,10,12,14). The molecule has 78 valence electrons. The van der Waals surface area contributed by atoms with Crippen molar-refractivity contribution in [2.45, 2.75) is 25.8 Å². The second-order valence-corrected chi connectivity index (χ2v) is 3.13. The smallest absolute Gasteiger partial charge is 0.309 e. The molecule has 6 nitrogen and oxygen atoms in total. The lowest BCUT2D eigenvalue weighted by atomic mass is 9.93. The fourth-order valence-electron chi connectivity index (χ4n) is 1.31. The highest BCUT2D eigenvalue weighted by atomic mass is 16.2. The van der Waals surface area contributed by atoms with Gasteiger partial charge in [-0.2, -0.15) is 0 Å². The summed E-state index contributed by atoms with van der Waals surface area (Å²) in [5.74, 6) is -1.35. The number of urea groups is 1. The Labute approximate surface area is 81.4 Å². The first kappa shape index (κ1) is 10.6. The van der Waals surface area contributed by atoms with E-state index in [9.17, 15) is 14.4 Å². The molecule has 4 amide bonds. The average molecular weight is 199 g/mol. The summed E-state index contributed by atoms with van der Waals surface area (Å²) in [6, 6.07) is -0.697. The number of likely N-dealkylation sites (N-methyl/N-ethyl adjacent to an activating group) is 1. The second kappa shape index (κ2) is 3.38. The van der Waals surface area contributed by atoms with Crippen molar-refractivity contribution in [3.8, 4) is 0 Å². The first-order valence-corrected chi connectivity index (χ1v) is 4.43. The van der Waals surface area contributed by atoms with Crippen LogP contribution in [0.25, 0.3) is 0 Å². The molecule has 0 aliphatic carbocycles. The molecule has 1 aliphatic rings. The summed E-state index contributed by atoms with van der Waals surface area (Å²) >= 11 is 0. The van der Waals surface area contributed by atoms with Crippen molar-refractivity contribution in [1.29, 1.82) is 0 Å². The van der Waals surface area contributed by atoms with Gasteiger partial charge in [0.25, 0.3) is 11.8 Å². The zero-order valence-electron chi connectivity index (χ0n) is 8.16. The number of carbonyl (C=O) groups excluding carboxylic acids is 3. The number of hydrogen-bond donors (Lipinski definition) is 2. The number of nitrogens with two attached hydrogens (primary N) is 1. The number of amides is 4. The zero-order chi connectivity index (χ0) is 10.9. The third kappa shape index (κ3) is 1.27. The summed E-state index contributed by atoms with van der Waals surface area (Å²) in [5, 5.41) is 2.05. The summed E-state index contributed by atoms with van der Waals surface area (Å²) < 4.78 is 0. The zero-order valence-corrected chi connectivity index (χ0v) is 8.16. The topological polar surface area (TPSA) is 92.5 Å². The van der Waals surface area contributed by atoms with E-state index < -0.39 is 23.4 Å². The number of hydrogen-bond acceptors (Lipinski definition) is 4. The van der Waals surface area contributed by atoms with E-state index in [1.807, 2.05) is 0 Å². The van der Waals surface area contributed by atoms with E-state index in [1.54, 1.807) is 13.8 Å². The summed E-state index contributed by atoms with van der Waals surface area (Å²) in [4.78, 5) is 35.1. The molecule has 0 bridgehead atoms. The van der Waals surface area contributed by atoms with Crippen LogP contribution in [0, 0.1) is 0 Å². The lowest BCUT2D eigenvalue weighted by Crippen LogP contribution is -2.71. The van der Waals surface area contributed by atoms with E-state index in [0.29, 0.717) is 0 Å². The molecule has 1 heterocycles. The highest BCUT2D eigenvalue weighted by Gasteiger charge is 2.49. The molecule has 1 unspecified atom stereocenters. The van der Waals surface area contributed by atoms with Crippen LogP contribution in [0.3, 0.4) is 0 Å². The minimum absolute atomic E-state index is 0.168. The number of imide groups is 2. The molecule has 1 fully saturated rings. The SMILES string of the molecule is CCN1C(=O)NC(=O)C(N)(CC)C1=O. The van der Waals surface area contributed by atoms with E-state index >= 15 is 0 Å². The van der Waals surface area contributed by atoms with Crippen molar-refractivity contribution in [3.05, 3.63) is 0 Å². The van der Waals surface area contributed by atoms with Crippen molar-refractivity contribution in [2.75, 3.05) is 6.54 Å². The Kier molecular flexibility index (Phi) is 2.57. The predicted octanol–water partition coefficient (Wildman–Crippen LogP) is -0.808. The van der Waals surface area contributed by atoms with E-state index in [1.165, 1.54) is 0 Å². The minimum atomic E-state index is -1.59. The number of barbiturate groups is 1. The lowest BCUT2D eigenvalue weighted by molar-refractivity contribution is -0.144. The van der Waals surface area contributed by atoms with E-state index in [0.717, 1.165) is 4.90 Å². The summed E-state index contributed by atoms with van der Waals surface area (Å²) in [7, 11) is 0. The Morgan fingerprint density at radius 2 is 1.93 bits per heavy atom. The van der Waals surface area contributed by atoms with Crippen LogP contribution in [-0.4, -0.2) is 34.8 Å². The molecular weight excluding hydrogens is 186 g/mol. The van der Waals surface area contributed by atoms with Crippen molar-refractivity contribution < 1.29 is 14.4 Å². The average Bonchev–Trinajstić information content (AvgIpc) is 2.15. The van der Waals surface area contributed by atoms with Crippen LogP contribution in [0.15, 0.2) is 0 Å². The quantitative estimate of drug-likeness (QED) is 0.569. The van der Waals surface area contributed by atoms with Crippen molar-refractivity contribution >= 4 is 17.8 Å². The van der Waals surface area contributed by atoms with Gasteiger partial charge in [0, 0.05) is 6.54 Å². The fourth-order valence-corrected chi connectivity index (χ4v) is 1.31.